The van der Waals surface area contributed by atoms with Gasteiger partial charge in [0.05, 0.1) is 23.8 Å². The number of amides is 1. The molecule has 144 valence electrons. The van der Waals surface area contributed by atoms with E-state index < -0.39 is 0 Å². The summed E-state index contributed by atoms with van der Waals surface area (Å²) in [6.07, 6.45) is 5.67. The molecule has 9 heteroatoms. The van der Waals surface area contributed by atoms with Crippen LogP contribution in [0.4, 0.5) is 11.5 Å². The Bertz CT molecular complexity index is 920. The molecule has 2 N–H and O–H groups in total. The second kappa shape index (κ2) is 8.47. The first-order valence-corrected chi connectivity index (χ1v) is 9.37. The first kappa shape index (κ1) is 17.9. The molecule has 1 aliphatic rings. The number of anilines is 2. The number of para-hydroxylation sites is 1. The van der Waals surface area contributed by atoms with Crippen LogP contribution in [0.3, 0.4) is 0 Å². The number of benzene rings is 1. The lowest BCUT2D eigenvalue weighted by Crippen LogP contribution is -2.29. The number of hydrogen-bond donors (Lipinski definition) is 2. The van der Waals surface area contributed by atoms with Crippen molar-refractivity contribution in [3.05, 3.63) is 54.5 Å². The lowest BCUT2D eigenvalue weighted by Gasteiger charge is -2.17. The molecule has 0 spiro atoms. The summed E-state index contributed by atoms with van der Waals surface area (Å²) in [5.74, 6) is 0.439. The molecule has 0 radical (unpaired) electrons. The van der Waals surface area contributed by atoms with E-state index in [9.17, 15) is 4.79 Å². The second-order valence-corrected chi connectivity index (χ2v) is 6.53. The molecule has 1 aliphatic heterocycles. The molecule has 0 saturated carbocycles. The maximum absolute atomic E-state index is 12.2. The van der Waals surface area contributed by atoms with Crippen LogP contribution in [-0.2, 0) is 0 Å². The molecule has 1 amide bonds. The number of hydrogen-bond acceptors (Lipinski definition) is 7. The second-order valence-electron chi connectivity index (χ2n) is 6.53. The van der Waals surface area contributed by atoms with Gasteiger partial charge in [-0.25, -0.2) is 0 Å². The van der Waals surface area contributed by atoms with Crippen molar-refractivity contribution in [1.82, 2.24) is 30.5 Å². The zero-order valence-corrected chi connectivity index (χ0v) is 15.5. The van der Waals surface area contributed by atoms with E-state index in [4.69, 9.17) is 0 Å². The van der Waals surface area contributed by atoms with E-state index in [1.54, 1.807) is 6.20 Å². The molecule has 9 nitrogen and oxygen atoms in total. The molecule has 0 aliphatic carbocycles. The van der Waals surface area contributed by atoms with Crippen molar-refractivity contribution in [2.75, 3.05) is 36.4 Å². The molecule has 1 saturated heterocycles. The quantitative estimate of drug-likeness (QED) is 0.601. The summed E-state index contributed by atoms with van der Waals surface area (Å²) < 4.78 is 0. The highest BCUT2D eigenvalue weighted by Gasteiger charge is 2.14. The first-order valence-electron chi connectivity index (χ1n) is 9.37. The topological polar surface area (TPSA) is 101 Å². The van der Waals surface area contributed by atoms with Crippen molar-refractivity contribution in [1.29, 1.82) is 0 Å². The molecule has 28 heavy (non-hydrogen) atoms. The van der Waals surface area contributed by atoms with E-state index >= 15 is 0 Å². The average molecular weight is 378 g/mol. The maximum Gasteiger partial charge on any atom is 0.273 e. The highest BCUT2D eigenvalue weighted by molar-refractivity contribution is 5.91. The number of carbonyl (C=O) groups excluding carboxylic acids is 1. The van der Waals surface area contributed by atoms with Gasteiger partial charge >= 0.3 is 0 Å². The molecule has 2 aromatic heterocycles. The molecular weight excluding hydrogens is 356 g/mol. The molecule has 3 heterocycles. The van der Waals surface area contributed by atoms with Crippen LogP contribution in [0.5, 0.6) is 0 Å². The Kier molecular flexibility index (Phi) is 5.41. The minimum atomic E-state index is -0.263. The summed E-state index contributed by atoms with van der Waals surface area (Å²) in [5, 5.41) is 22.5. The van der Waals surface area contributed by atoms with Crippen molar-refractivity contribution in [3.63, 3.8) is 0 Å². The third kappa shape index (κ3) is 4.25. The summed E-state index contributed by atoms with van der Waals surface area (Å²) in [6, 6.07) is 11.5. The van der Waals surface area contributed by atoms with E-state index in [0.717, 1.165) is 24.5 Å². The smallest absolute Gasteiger partial charge is 0.273 e. The zero-order chi connectivity index (χ0) is 19.2. The van der Waals surface area contributed by atoms with Gasteiger partial charge in [0.2, 0.25) is 0 Å². The zero-order valence-electron chi connectivity index (χ0n) is 15.5. The van der Waals surface area contributed by atoms with Crippen LogP contribution >= 0.6 is 0 Å². The van der Waals surface area contributed by atoms with Gasteiger partial charge in [-0.15, -0.1) is 10.2 Å². The van der Waals surface area contributed by atoms with Crippen molar-refractivity contribution < 1.29 is 4.79 Å². The van der Waals surface area contributed by atoms with Crippen LogP contribution in [0.15, 0.2) is 48.8 Å². The third-order valence-corrected chi connectivity index (χ3v) is 4.54. The van der Waals surface area contributed by atoms with E-state index in [1.165, 1.54) is 23.8 Å². The Morgan fingerprint density at radius 3 is 2.68 bits per heavy atom. The van der Waals surface area contributed by atoms with Gasteiger partial charge in [0.1, 0.15) is 0 Å². The molecule has 0 unspecified atom stereocenters. The van der Waals surface area contributed by atoms with Crippen LogP contribution in [0.1, 0.15) is 23.3 Å². The summed E-state index contributed by atoms with van der Waals surface area (Å²) in [7, 11) is 0. The average Bonchev–Trinajstić information content (AvgIpc) is 3.44. The maximum atomic E-state index is 12.2. The number of rotatable bonds is 7. The van der Waals surface area contributed by atoms with Crippen LogP contribution < -0.4 is 15.5 Å². The Hall–Kier alpha value is -3.49. The normalized spacial score (nSPS) is 13.5. The number of carbonyl (C=O) groups is 1. The molecule has 0 atom stereocenters. The molecule has 4 rings (SSSR count). The van der Waals surface area contributed by atoms with Gasteiger partial charge in [-0.3, -0.25) is 4.79 Å². The van der Waals surface area contributed by atoms with Crippen LogP contribution in [0.25, 0.3) is 5.69 Å². The predicted molar refractivity (Wildman–Crippen MR) is 106 cm³/mol. The number of aromatic nitrogens is 5. The summed E-state index contributed by atoms with van der Waals surface area (Å²) >= 11 is 0. The Morgan fingerprint density at radius 1 is 1.04 bits per heavy atom. The molecule has 1 fully saturated rings. The highest BCUT2D eigenvalue weighted by atomic mass is 16.2. The van der Waals surface area contributed by atoms with E-state index in [1.807, 2.05) is 36.4 Å². The summed E-state index contributed by atoms with van der Waals surface area (Å²) in [6.45, 7) is 3.10. The molecule has 3 aromatic rings. The van der Waals surface area contributed by atoms with Crippen molar-refractivity contribution in [2.24, 2.45) is 0 Å². The van der Waals surface area contributed by atoms with Gasteiger partial charge in [0.15, 0.2) is 11.5 Å². The van der Waals surface area contributed by atoms with Crippen molar-refractivity contribution >= 4 is 17.4 Å². The Balaban J connectivity index is 1.26. The lowest BCUT2D eigenvalue weighted by atomic mass is 10.3. The summed E-state index contributed by atoms with van der Waals surface area (Å²) in [5.41, 5.74) is 2.16. The van der Waals surface area contributed by atoms with E-state index in [0.29, 0.717) is 18.9 Å². The van der Waals surface area contributed by atoms with E-state index in [-0.39, 0.29) is 11.6 Å². The molecule has 0 bridgehead atoms. The van der Waals surface area contributed by atoms with Gasteiger partial charge in [0.25, 0.3) is 5.91 Å². The molecular formula is C19H22N8O. The first-order chi connectivity index (χ1) is 13.8. The summed E-state index contributed by atoms with van der Waals surface area (Å²) in [4.78, 5) is 16.0. The number of nitrogens with zero attached hydrogens (tertiary/aromatic N) is 6. The monoisotopic (exact) mass is 378 g/mol. The fourth-order valence-corrected chi connectivity index (χ4v) is 3.10. The van der Waals surface area contributed by atoms with Gasteiger partial charge in [0, 0.05) is 32.2 Å². The van der Waals surface area contributed by atoms with Crippen LogP contribution in [-0.4, -0.2) is 57.3 Å². The minimum absolute atomic E-state index is 0.263. The third-order valence-electron chi connectivity index (χ3n) is 4.54. The fourth-order valence-electron chi connectivity index (χ4n) is 3.10. The van der Waals surface area contributed by atoms with Gasteiger partial charge in [-0.2, -0.15) is 15.0 Å². The predicted octanol–water partition coefficient (Wildman–Crippen LogP) is 1.50. The van der Waals surface area contributed by atoms with Gasteiger partial charge < -0.3 is 15.5 Å². The van der Waals surface area contributed by atoms with Crippen LogP contribution in [0, 0.1) is 0 Å². The Morgan fingerprint density at radius 2 is 1.86 bits per heavy atom. The van der Waals surface area contributed by atoms with Gasteiger partial charge in [-0.1, -0.05) is 18.2 Å². The Labute approximate surface area is 162 Å². The van der Waals surface area contributed by atoms with Crippen LogP contribution in [0.2, 0.25) is 0 Å². The standard InChI is InChI=1S/C19H22N8O/c28-19(17-14-23-27(25-17)15-6-2-1-3-7-15)21-9-8-20-18-12-16(13-22-24-18)26-10-4-5-11-26/h1-3,6-7,12-14H,4-5,8-11H2,(H,20,24)(H,21,28). The van der Waals surface area contributed by atoms with Gasteiger partial charge in [-0.05, 0) is 25.0 Å². The van der Waals surface area contributed by atoms with E-state index in [2.05, 4.69) is 35.9 Å². The minimum Gasteiger partial charge on any atom is -0.370 e. The number of nitrogens with one attached hydrogen (secondary N) is 2. The van der Waals surface area contributed by atoms with Crippen molar-refractivity contribution in [3.8, 4) is 5.69 Å². The van der Waals surface area contributed by atoms with Crippen molar-refractivity contribution in [2.45, 2.75) is 12.8 Å². The SMILES string of the molecule is O=C(NCCNc1cc(N2CCCC2)cnn1)c1cnn(-c2ccccc2)n1. The molecule has 1 aromatic carbocycles. The fraction of sp³-hybridized carbons (Fsp3) is 0.316. The lowest BCUT2D eigenvalue weighted by molar-refractivity contribution is 0.0950. The highest BCUT2D eigenvalue weighted by Crippen LogP contribution is 2.20. The largest absolute Gasteiger partial charge is 0.370 e.